The smallest absolute Gasteiger partial charge is 0.289 e. The fraction of sp³-hybridized carbons (Fsp3) is 0.550. The first kappa shape index (κ1) is 20.8. The summed E-state index contributed by atoms with van der Waals surface area (Å²) < 4.78 is 35.6. The molecule has 1 aromatic heterocycles. The number of para-hydroxylation sites is 1. The van der Waals surface area contributed by atoms with E-state index in [-0.39, 0.29) is 17.7 Å². The van der Waals surface area contributed by atoms with Gasteiger partial charge < -0.3 is 9.32 Å². The number of piperazine rings is 1. The highest BCUT2D eigenvalue weighted by Crippen LogP contribution is 2.28. The van der Waals surface area contributed by atoms with Crippen LogP contribution in [0.3, 0.4) is 0 Å². The minimum absolute atomic E-state index is 0.0856. The minimum atomic E-state index is -3.50. The fourth-order valence-electron chi connectivity index (χ4n) is 4.23. The summed E-state index contributed by atoms with van der Waals surface area (Å²) in [4.78, 5) is 14.5. The summed E-state index contributed by atoms with van der Waals surface area (Å²) in [5.41, 5.74) is 0.645. The fourth-order valence-corrected chi connectivity index (χ4v) is 6.26. The molecule has 1 amide bonds. The third kappa shape index (κ3) is 4.10. The van der Waals surface area contributed by atoms with E-state index in [1.54, 1.807) is 22.3 Å². The summed E-state index contributed by atoms with van der Waals surface area (Å²) in [6.45, 7) is 1.31. The molecular weight excluding hydrogens is 458 g/mol. The van der Waals surface area contributed by atoms with Gasteiger partial charge in [0.1, 0.15) is 5.58 Å². The van der Waals surface area contributed by atoms with Crippen molar-refractivity contribution in [1.82, 2.24) is 13.5 Å². The van der Waals surface area contributed by atoms with Crippen LogP contribution in [0, 0.1) is 0 Å². The number of amides is 1. The number of hydrogen-bond acceptors (Lipinski definition) is 4. The first-order valence-corrected chi connectivity index (χ1v) is 12.3. The summed E-state index contributed by atoms with van der Waals surface area (Å²) in [5, 5.41) is 0.859. The van der Waals surface area contributed by atoms with Gasteiger partial charge in [-0.2, -0.15) is 17.0 Å². The highest BCUT2D eigenvalue weighted by atomic mass is 79.9. The summed E-state index contributed by atoms with van der Waals surface area (Å²) >= 11 is 3.43. The van der Waals surface area contributed by atoms with E-state index in [4.69, 9.17) is 4.42 Å². The van der Waals surface area contributed by atoms with Gasteiger partial charge >= 0.3 is 0 Å². The molecular formula is C20H26BrN3O4S. The van der Waals surface area contributed by atoms with Crippen LogP contribution in [0.5, 0.6) is 0 Å². The van der Waals surface area contributed by atoms with E-state index in [9.17, 15) is 13.2 Å². The van der Waals surface area contributed by atoms with Gasteiger partial charge in [0.05, 0.1) is 4.47 Å². The number of carbonyl (C=O) groups is 1. The van der Waals surface area contributed by atoms with Crippen LogP contribution in [0.1, 0.15) is 42.7 Å². The zero-order valence-corrected chi connectivity index (χ0v) is 18.9. The van der Waals surface area contributed by atoms with Crippen LogP contribution in [-0.2, 0) is 10.2 Å². The van der Waals surface area contributed by atoms with Gasteiger partial charge in [-0.25, -0.2) is 0 Å². The number of benzene rings is 1. The maximum atomic E-state index is 13.0. The second-order valence-electron chi connectivity index (χ2n) is 7.78. The summed E-state index contributed by atoms with van der Waals surface area (Å²) in [6, 6.07) is 7.48. The van der Waals surface area contributed by atoms with Crippen molar-refractivity contribution in [3.8, 4) is 0 Å². The van der Waals surface area contributed by atoms with E-state index in [2.05, 4.69) is 15.9 Å². The third-order valence-corrected chi connectivity index (χ3v) is 8.68. The van der Waals surface area contributed by atoms with E-state index < -0.39 is 10.2 Å². The highest BCUT2D eigenvalue weighted by Gasteiger charge is 2.35. The van der Waals surface area contributed by atoms with Crippen molar-refractivity contribution in [2.75, 3.05) is 33.2 Å². The number of carbonyl (C=O) groups excluding carboxylic acids is 1. The van der Waals surface area contributed by atoms with Crippen molar-refractivity contribution in [3.05, 3.63) is 34.5 Å². The zero-order chi connectivity index (χ0) is 20.6. The van der Waals surface area contributed by atoms with Crippen LogP contribution in [0.15, 0.2) is 33.2 Å². The Morgan fingerprint density at radius 3 is 2.48 bits per heavy atom. The second kappa shape index (κ2) is 8.37. The average molecular weight is 484 g/mol. The van der Waals surface area contributed by atoms with Crippen LogP contribution in [0.4, 0.5) is 0 Å². The van der Waals surface area contributed by atoms with Gasteiger partial charge in [0.25, 0.3) is 16.1 Å². The van der Waals surface area contributed by atoms with Crippen LogP contribution in [0.25, 0.3) is 11.0 Å². The van der Waals surface area contributed by atoms with Gasteiger partial charge in [0.15, 0.2) is 5.76 Å². The molecule has 2 aromatic rings. The van der Waals surface area contributed by atoms with Gasteiger partial charge in [-0.15, -0.1) is 0 Å². The van der Waals surface area contributed by atoms with E-state index in [0.29, 0.717) is 31.8 Å². The second-order valence-corrected chi connectivity index (χ2v) is 10.6. The van der Waals surface area contributed by atoms with Crippen LogP contribution < -0.4 is 0 Å². The Morgan fingerprint density at radius 2 is 1.83 bits per heavy atom. The molecule has 9 heteroatoms. The molecule has 4 rings (SSSR count). The number of hydrogen-bond donors (Lipinski definition) is 0. The Labute approximate surface area is 179 Å². The molecule has 2 fully saturated rings. The lowest BCUT2D eigenvalue weighted by Crippen LogP contribution is -2.55. The summed E-state index contributed by atoms with van der Waals surface area (Å²) in [7, 11) is -1.81. The van der Waals surface area contributed by atoms with Crippen LogP contribution in [0.2, 0.25) is 0 Å². The standard InChI is InChI=1S/C20H26BrN3O4S/c1-22(16-7-3-2-4-8-16)29(26,27)24-12-10-23(11-13-24)20(25)18-14-15-6-5-9-17(21)19(15)28-18/h5-6,9,14,16H,2-4,7-8,10-13H2,1H3. The SMILES string of the molecule is CN(C1CCCCC1)S(=O)(=O)N1CCN(C(=O)c2cc3cccc(Br)c3o2)CC1. The molecule has 1 saturated heterocycles. The number of nitrogens with zero attached hydrogens (tertiary/aromatic N) is 3. The van der Waals surface area contributed by atoms with Gasteiger partial charge in [0.2, 0.25) is 0 Å². The normalized spacial score (nSPS) is 19.9. The molecule has 2 heterocycles. The molecule has 29 heavy (non-hydrogen) atoms. The molecule has 0 N–H and O–H groups in total. The molecule has 7 nitrogen and oxygen atoms in total. The lowest BCUT2D eigenvalue weighted by molar-refractivity contribution is 0.0663. The molecule has 1 aliphatic carbocycles. The molecule has 2 aliphatic rings. The van der Waals surface area contributed by atoms with E-state index in [0.717, 1.165) is 35.5 Å². The van der Waals surface area contributed by atoms with Crippen molar-refractivity contribution in [1.29, 1.82) is 0 Å². The maximum Gasteiger partial charge on any atom is 0.289 e. The Morgan fingerprint density at radius 1 is 1.14 bits per heavy atom. The summed E-state index contributed by atoms with van der Waals surface area (Å²) in [5.74, 6) is 0.0771. The Bertz CT molecular complexity index is 992. The van der Waals surface area contributed by atoms with Crippen molar-refractivity contribution >= 4 is 43.0 Å². The van der Waals surface area contributed by atoms with Crippen molar-refractivity contribution < 1.29 is 17.6 Å². The topological polar surface area (TPSA) is 74.1 Å². The molecule has 0 spiro atoms. The van der Waals surface area contributed by atoms with E-state index in [1.165, 1.54) is 10.7 Å². The molecule has 0 radical (unpaired) electrons. The molecule has 0 unspecified atom stereocenters. The number of fused-ring (bicyclic) bond motifs is 1. The number of halogens is 1. The van der Waals surface area contributed by atoms with Crippen LogP contribution >= 0.6 is 15.9 Å². The van der Waals surface area contributed by atoms with Gasteiger partial charge in [0, 0.05) is 44.7 Å². The lowest BCUT2D eigenvalue weighted by atomic mass is 9.96. The van der Waals surface area contributed by atoms with Gasteiger partial charge in [-0.3, -0.25) is 4.79 Å². The molecule has 1 aliphatic heterocycles. The number of rotatable bonds is 4. The van der Waals surface area contributed by atoms with Crippen molar-refractivity contribution in [2.24, 2.45) is 0 Å². The third-order valence-electron chi connectivity index (χ3n) is 6.01. The summed E-state index contributed by atoms with van der Waals surface area (Å²) in [6.07, 6.45) is 5.20. The molecule has 0 atom stereocenters. The Balaban J connectivity index is 1.41. The zero-order valence-electron chi connectivity index (χ0n) is 16.5. The first-order chi connectivity index (χ1) is 13.9. The quantitative estimate of drug-likeness (QED) is 0.667. The Hall–Kier alpha value is -1.42. The monoisotopic (exact) mass is 483 g/mol. The average Bonchev–Trinajstić information content (AvgIpc) is 3.19. The van der Waals surface area contributed by atoms with E-state index in [1.807, 2.05) is 18.2 Å². The predicted molar refractivity (Wildman–Crippen MR) is 115 cm³/mol. The van der Waals surface area contributed by atoms with Crippen molar-refractivity contribution in [3.63, 3.8) is 0 Å². The lowest BCUT2D eigenvalue weighted by Gasteiger charge is -2.38. The van der Waals surface area contributed by atoms with E-state index >= 15 is 0 Å². The number of furan rings is 1. The molecule has 0 bridgehead atoms. The van der Waals surface area contributed by atoms with Crippen LogP contribution in [-0.4, -0.2) is 67.1 Å². The first-order valence-electron chi connectivity index (χ1n) is 10.1. The van der Waals surface area contributed by atoms with Gasteiger partial charge in [-0.1, -0.05) is 31.4 Å². The molecule has 158 valence electrons. The minimum Gasteiger partial charge on any atom is -0.450 e. The predicted octanol–water partition coefficient (Wildman–Crippen LogP) is 3.46. The Kier molecular flexibility index (Phi) is 6.02. The van der Waals surface area contributed by atoms with Gasteiger partial charge in [-0.05, 0) is 40.9 Å². The largest absolute Gasteiger partial charge is 0.450 e. The maximum absolute atomic E-state index is 13.0. The molecule has 1 aromatic carbocycles. The van der Waals surface area contributed by atoms with Crippen molar-refractivity contribution in [2.45, 2.75) is 38.1 Å². The highest BCUT2D eigenvalue weighted by molar-refractivity contribution is 9.10. The molecule has 1 saturated carbocycles.